The number of rotatable bonds is 17. The van der Waals surface area contributed by atoms with Crippen LogP contribution in [0.15, 0.2) is 49.1 Å². The van der Waals surface area contributed by atoms with Crippen LogP contribution in [-0.4, -0.2) is 16.7 Å². The maximum absolute atomic E-state index is 8.80. The third-order valence-corrected chi connectivity index (χ3v) is 5.65. The number of unbranched alkanes of at least 4 members (excludes halogenated alkanes) is 10. The van der Waals surface area contributed by atoms with Crippen molar-refractivity contribution < 1.29 is 9.67 Å². The van der Waals surface area contributed by atoms with Gasteiger partial charge in [0.15, 0.2) is 12.4 Å². The molecule has 2 heterocycles. The van der Waals surface area contributed by atoms with Crippen molar-refractivity contribution in [3.8, 4) is 0 Å². The van der Waals surface area contributed by atoms with Crippen LogP contribution >= 0.6 is 0 Å². The fourth-order valence-corrected chi connectivity index (χ4v) is 3.89. The van der Waals surface area contributed by atoms with Gasteiger partial charge in [-0.1, -0.05) is 51.0 Å². The second-order valence-electron chi connectivity index (χ2n) is 8.28. The van der Waals surface area contributed by atoms with Gasteiger partial charge < -0.3 is 5.11 Å². The zero-order valence-electron chi connectivity index (χ0n) is 18.3. The highest BCUT2D eigenvalue weighted by molar-refractivity contribution is 5.08. The molecule has 1 N–H and O–H groups in total. The minimum atomic E-state index is 0.343. The van der Waals surface area contributed by atoms with Crippen molar-refractivity contribution in [1.82, 2.24) is 4.98 Å². The largest absolute Gasteiger partial charge is 0.396 e. The second kappa shape index (κ2) is 16.1. The number of aliphatic hydroxyl groups excluding tert-OH is 1. The highest BCUT2D eigenvalue weighted by Crippen LogP contribution is 2.10. The molecular formula is C26H41N2O+. The molecule has 160 valence electrons. The van der Waals surface area contributed by atoms with Crippen LogP contribution in [0.2, 0.25) is 0 Å². The van der Waals surface area contributed by atoms with E-state index in [9.17, 15) is 0 Å². The van der Waals surface area contributed by atoms with E-state index < -0.39 is 0 Å². The molecule has 0 aliphatic heterocycles. The number of hydrogen-bond donors (Lipinski definition) is 1. The van der Waals surface area contributed by atoms with E-state index in [1.807, 2.05) is 18.5 Å². The predicted molar refractivity (Wildman–Crippen MR) is 121 cm³/mol. The maximum atomic E-state index is 8.80. The molecule has 0 amide bonds. The first-order valence-electron chi connectivity index (χ1n) is 11.9. The second-order valence-corrected chi connectivity index (χ2v) is 8.28. The molecule has 2 aromatic rings. The molecule has 0 fully saturated rings. The van der Waals surface area contributed by atoms with Crippen LogP contribution in [0.1, 0.15) is 88.2 Å². The summed E-state index contributed by atoms with van der Waals surface area (Å²) >= 11 is 0. The number of pyridine rings is 2. The number of aromatic nitrogens is 2. The molecule has 0 aliphatic carbocycles. The van der Waals surface area contributed by atoms with Gasteiger partial charge in [0.25, 0.3) is 0 Å². The van der Waals surface area contributed by atoms with Gasteiger partial charge in [-0.2, -0.15) is 0 Å². The summed E-state index contributed by atoms with van der Waals surface area (Å²) in [4.78, 5) is 4.18. The van der Waals surface area contributed by atoms with E-state index in [1.54, 1.807) is 0 Å². The Labute approximate surface area is 178 Å². The normalized spacial score (nSPS) is 11.1. The molecule has 0 saturated heterocycles. The van der Waals surface area contributed by atoms with E-state index in [0.29, 0.717) is 6.61 Å². The highest BCUT2D eigenvalue weighted by atomic mass is 16.2. The summed E-state index contributed by atoms with van der Waals surface area (Å²) in [7, 11) is 0. The van der Waals surface area contributed by atoms with Gasteiger partial charge in [-0.3, -0.25) is 4.98 Å². The summed E-state index contributed by atoms with van der Waals surface area (Å²) in [6.07, 6.45) is 26.0. The quantitative estimate of drug-likeness (QED) is 0.269. The van der Waals surface area contributed by atoms with Crippen molar-refractivity contribution in [3.05, 3.63) is 60.2 Å². The van der Waals surface area contributed by atoms with Gasteiger partial charge in [0, 0.05) is 37.1 Å². The zero-order chi connectivity index (χ0) is 20.4. The molecule has 0 saturated carbocycles. The van der Waals surface area contributed by atoms with Crippen molar-refractivity contribution in [3.63, 3.8) is 0 Å². The van der Waals surface area contributed by atoms with E-state index in [0.717, 1.165) is 13.0 Å². The Morgan fingerprint density at radius 1 is 0.690 bits per heavy atom. The first kappa shape index (κ1) is 23.5. The smallest absolute Gasteiger partial charge is 0.171 e. The lowest BCUT2D eigenvalue weighted by molar-refractivity contribution is -0.697. The fraction of sp³-hybridized carbons (Fsp3) is 0.615. The molecule has 0 unspecified atom stereocenters. The Kier molecular flexibility index (Phi) is 13.1. The van der Waals surface area contributed by atoms with E-state index in [4.69, 9.17) is 5.11 Å². The molecule has 0 bridgehead atoms. The molecule has 2 rings (SSSR count). The number of aliphatic hydroxyl groups is 1. The van der Waals surface area contributed by atoms with Crippen LogP contribution in [0.3, 0.4) is 0 Å². The van der Waals surface area contributed by atoms with Gasteiger partial charge in [-0.25, -0.2) is 4.57 Å². The fourth-order valence-electron chi connectivity index (χ4n) is 3.89. The van der Waals surface area contributed by atoms with Gasteiger partial charge in [0.1, 0.15) is 6.54 Å². The van der Waals surface area contributed by atoms with Crippen molar-refractivity contribution in [2.75, 3.05) is 6.61 Å². The number of aryl methyl sites for hydroxylation is 3. The van der Waals surface area contributed by atoms with Gasteiger partial charge in [0.2, 0.25) is 0 Å². The molecule has 0 aromatic carbocycles. The summed E-state index contributed by atoms with van der Waals surface area (Å²) in [5.41, 5.74) is 2.84. The average molecular weight is 398 g/mol. The SMILES string of the molecule is OCCCCCCCCc1ccc[n+](CCCCCCCCc2cccnc2)c1. The molecule has 2 aromatic heterocycles. The van der Waals surface area contributed by atoms with Crippen molar-refractivity contribution in [1.29, 1.82) is 0 Å². The lowest BCUT2D eigenvalue weighted by Crippen LogP contribution is -2.33. The van der Waals surface area contributed by atoms with E-state index >= 15 is 0 Å². The van der Waals surface area contributed by atoms with Gasteiger partial charge >= 0.3 is 0 Å². The monoisotopic (exact) mass is 397 g/mol. The molecule has 0 aliphatic rings. The van der Waals surface area contributed by atoms with Crippen molar-refractivity contribution in [2.24, 2.45) is 0 Å². The Hall–Kier alpha value is -1.74. The Bertz CT molecular complexity index is 630. The summed E-state index contributed by atoms with van der Waals surface area (Å²) in [5, 5.41) is 8.80. The molecule has 3 nitrogen and oxygen atoms in total. The van der Waals surface area contributed by atoms with Crippen LogP contribution in [-0.2, 0) is 19.4 Å². The maximum Gasteiger partial charge on any atom is 0.171 e. The first-order chi connectivity index (χ1) is 14.4. The van der Waals surface area contributed by atoms with Crippen LogP contribution in [0.4, 0.5) is 0 Å². The van der Waals surface area contributed by atoms with Crippen LogP contribution in [0, 0.1) is 0 Å². The summed E-state index contributed by atoms with van der Waals surface area (Å²) < 4.78 is 2.37. The first-order valence-corrected chi connectivity index (χ1v) is 11.9. The summed E-state index contributed by atoms with van der Waals surface area (Å²) in [6.45, 7) is 1.49. The lowest BCUT2D eigenvalue weighted by atomic mass is 10.1. The molecular weight excluding hydrogens is 356 g/mol. The van der Waals surface area contributed by atoms with E-state index in [2.05, 4.69) is 40.1 Å². The van der Waals surface area contributed by atoms with Crippen molar-refractivity contribution in [2.45, 2.75) is 96.4 Å². The van der Waals surface area contributed by atoms with Crippen LogP contribution < -0.4 is 4.57 Å². The molecule has 0 radical (unpaired) electrons. The summed E-state index contributed by atoms with van der Waals surface area (Å²) in [6, 6.07) is 8.68. The topological polar surface area (TPSA) is 37.0 Å². The van der Waals surface area contributed by atoms with Gasteiger partial charge in [-0.05, 0) is 56.2 Å². The third-order valence-electron chi connectivity index (χ3n) is 5.65. The molecule has 0 spiro atoms. The minimum Gasteiger partial charge on any atom is -0.396 e. The van der Waals surface area contributed by atoms with E-state index in [1.165, 1.54) is 94.6 Å². The Balaban J connectivity index is 1.47. The molecule has 29 heavy (non-hydrogen) atoms. The third kappa shape index (κ3) is 11.8. The van der Waals surface area contributed by atoms with Crippen LogP contribution in [0.5, 0.6) is 0 Å². The van der Waals surface area contributed by atoms with Crippen LogP contribution in [0.25, 0.3) is 0 Å². The molecule has 0 atom stereocenters. The molecule has 3 heteroatoms. The van der Waals surface area contributed by atoms with E-state index in [-0.39, 0.29) is 0 Å². The predicted octanol–water partition coefficient (Wildman–Crippen LogP) is 5.83. The highest BCUT2D eigenvalue weighted by Gasteiger charge is 2.03. The Morgan fingerprint density at radius 3 is 2.00 bits per heavy atom. The van der Waals surface area contributed by atoms with Gasteiger partial charge in [-0.15, -0.1) is 0 Å². The summed E-state index contributed by atoms with van der Waals surface area (Å²) in [5.74, 6) is 0. The lowest BCUT2D eigenvalue weighted by Gasteiger charge is -2.03. The van der Waals surface area contributed by atoms with Gasteiger partial charge in [0.05, 0.1) is 0 Å². The number of nitrogens with zero attached hydrogens (tertiary/aromatic N) is 2. The standard InChI is InChI=1S/C26H41N2O/c29-22-12-8-4-2-6-10-16-26-18-14-21-28(24-26)20-11-7-3-1-5-9-15-25-17-13-19-27-23-25/h13-14,17-19,21,23-24,29H,1-12,15-16,20,22H2/q+1. The average Bonchev–Trinajstić information content (AvgIpc) is 2.76. The van der Waals surface area contributed by atoms with Crippen molar-refractivity contribution >= 4 is 0 Å². The Morgan fingerprint density at radius 2 is 1.31 bits per heavy atom. The number of hydrogen-bond acceptors (Lipinski definition) is 2. The zero-order valence-corrected chi connectivity index (χ0v) is 18.3. The minimum absolute atomic E-state index is 0.343.